The number of hydrogen-bond donors (Lipinski definition) is 1. The minimum atomic E-state index is -0.696. The predicted octanol–water partition coefficient (Wildman–Crippen LogP) is 2.38. The number of carboxylic acid groups (broad SMARTS) is 1. The van der Waals surface area contributed by atoms with E-state index >= 15 is 0 Å². The molecule has 4 nitrogen and oxygen atoms in total. The van der Waals surface area contributed by atoms with Gasteiger partial charge in [-0.05, 0) is 32.4 Å². The first-order valence-corrected chi connectivity index (χ1v) is 7.18. The Balaban J connectivity index is 2.57. The van der Waals surface area contributed by atoms with Crippen molar-refractivity contribution in [3.05, 3.63) is 0 Å². The van der Waals surface area contributed by atoms with Crippen molar-refractivity contribution >= 4 is 5.97 Å². The van der Waals surface area contributed by atoms with Gasteiger partial charge in [0.1, 0.15) is 5.41 Å². The second-order valence-corrected chi connectivity index (χ2v) is 5.37. The summed E-state index contributed by atoms with van der Waals surface area (Å²) in [4.78, 5) is 13.8. The number of carbonyl (C=O) groups is 1. The van der Waals surface area contributed by atoms with Crippen LogP contribution in [0, 0.1) is 5.41 Å². The highest BCUT2D eigenvalue weighted by atomic mass is 16.5. The highest BCUT2D eigenvalue weighted by Crippen LogP contribution is 2.30. The first kappa shape index (κ1) is 15.4. The third-order valence-electron chi connectivity index (χ3n) is 3.74. The average molecular weight is 257 g/mol. The molecule has 0 saturated carbocycles. The number of nitrogens with zero attached hydrogens (tertiary/aromatic N) is 1. The minimum absolute atomic E-state index is 0.372. The van der Waals surface area contributed by atoms with Gasteiger partial charge in [0.05, 0.1) is 6.61 Å². The molecule has 0 aromatic rings. The van der Waals surface area contributed by atoms with Crippen LogP contribution in [-0.2, 0) is 9.53 Å². The fourth-order valence-corrected chi connectivity index (χ4v) is 2.43. The van der Waals surface area contributed by atoms with Crippen molar-refractivity contribution in [2.45, 2.75) is 46.0 Å². The Kier molecular flexibility index (Phi) is 6.65. The summed E-state index contributed by atoms with van der Waals surface area (Å²) in [5.41, 5.74) is -0.665. The van der Waals surface area contributed by atoms with Crippen LogP contribution in [0.1, 0.15) is 46.0 Å². The predicted molar refractivity (Wildman–Crippen MR) is 71.8 cm³/mol. The van der Waals surface area contributed by atoms with Gasteiger partial charge in [-0.25, -0.2) is 0 Å². The van der Waals surface area contributed by atoms with Gasteiger partial charge in [0.25, 0.3) is 0 Å². The van der Waals surface area contributed by atoms with Crippen LogP contribution in [-0.4, -0.2) is 48.8 Å². The van der Waals surface area contributed by atoms with E-state index in [1.807, 2.05) is 0 Å². The van der Waals surface area contributed by atoms with E-state index in [-0.39, 0.29) is 0 Å². The summed E-state index contributed by atoms with van der Waals surface area (Å²) >= 11 is 0. The van der Waals surface area contributed by atoms with Crippen LogP contribution in [0.25, 0.3) is 0 Å². The summed E-state index contributed by atoms with van der Waals surface area (Å²) in [6.07, 6.45) is 5.23. The van der Waals surface area contributed by atoms with Gasteiger partial charge in [-0.15, -0.1) is 0 Å². The van der Waals surface area contributed by atoms with Gasteiger partial charge >= 0.3 is 5.97 Å². The van der Waals surface area contributed by atoms with Gasteiger partial charge in [0.2, 0.25) is 0 Å². The summed E-state index contributed by atoms with van der Waals surface area (Å²) in [6.45, 7) is 7.95. The van der Waals surface area contributed by atoms with E-state index in [0.717, 1.165) is 38.8 Å². The number of carboxylic acids is 1. The molecule has 1 saturated heterocycles. The lowest BCUT2D eigenvalue weighted by atomic mass is 9.86. The third-order valence-corrected chi connectivity index (χ3v) is 3.74. The standard InChI is InChI=1S/C14H27NO3/c1-3-5-8-15(9-6-4-2)11-14(13(16)17)7-10-18-12-14/h3-12H2,1-2H3,(H,16,17). The molecule has 0 amide bonds. The maximum absolute atomic E-state index is 11.5. The summed E-state index contributed by atoms with van der Waals surface area (Å²) in [6, 6.07) is 0. The molecule has 1 rings (SSSR count). The molecule has 0 aliphatic carbocycles. The van der Waals surface area contributed by atoms with Crippen LogP contribution in [0.4, 0.5) is 0 Å². The van der Waals surface area contributed by atoms with E-state index in [1.165, 1.54) is 0 Å². The van der Waals surface area contributed by atoms with Crippen LogP contribution in [0.15, 0.2) is 0 Å². The third kappa shape index (κ3) is 4.25. The second-order valence-electron chi connectivity index (χ2n) is 5.37. The number of ether oxygens (including phenoxy) is 1. The molecule has 0 bridgehead atoms. The Bertz CT molecular complexity index is 241. The summed E-state index contributed by atoms with van der Waals surface area (Å²) in [5, 5.41) is 9.46. The first-order chi connectivity index (χ1) is 8.64. The zero-order valence-corrected chi connectivity index (χ0v) is 11.8. The lowest BCUT2D eigenvalue weighted by Crippen LogP contribution is -2.44. The molecule has 1 fully saturated rings. The van der Waals surface area contributed by atoms with Crippen molar-refractivity contribution in [2.75, 3.05) is 32.8 Å². The molecule has 1 N–H and O–H groups in total. The molecule has 1 atom stereocenters. The number of hydrogen-bond acceptors (Lipinski definition) is 3. The fraction of sp³-hybridized carbons (Fsp3) is 0.929. The Labute approximate surface area is 110 Å². The minimum Gasteiger partial charge on any atom is -0.481 e. The SMILES string of the molecule is CCCCN(CCCC)CC1(C(=O)O)CCOC1. The average Bonchev–Trinajstić information content (AvgIpc) is 2.82. The first-order valence-electron chi connectivity index (χ1n) is 7.18. The van der Waals surface area contributed by atoms with Gasteiger partial charge in [-0.2, -0.15) is 0 Å². The van der Waals surface area contributed by atoms with Gasteiger partial charge in [0.15, 0.2) is 0 Å². The largest absolute Gasteiger partial charge is 0.481 e. The summed E-state index contributed by atoms with van der Waals surface area (Å²) < 4.78 is 5.32. The van der Waals surface area contributed by atoms with Crippen molar-refractivity contribution in [3.8, 4) is 0 Å². The van der Waals surface area contributed by atoms with Crippen molar-refractivity contribution in [2.24, 2.45) is 5.41 Å². The highest BCUT2D eigenvalue weighted by molar-refractivity contribution is 5.75. The van der Waals surface area contributed by atoms with E-state index in [9.17, 15) is 9.90 Å². The highest BCUT2D eigenvalue weighted by Gasteiger charge is 2.43. The number of unbranched alkanes of at least 4 members (excludes halogenated alkanes) is 2. The van der Waals surface area contributed by atoms with E-state index in [0.29, 0.717) is 26.2 Å². The Morgan fingerprint density at radius 2 is 1.89 bits per heavy atom. The van der Waals surface area contributed by atoms with Crippen molar-refractivity contribution in [1.82, 2.24) is 4.90 Å². The summed E-state index contributed by atoms with van der Waals surface area (Å²) in [5.74, 6) is -0.696. The molecule has 0 radical (unpaired) electrons. The van der Waals surface area contributed by atoms with Gasteiger partial charge < -0.3 is 14.7 Å². The molecule has 0 aromatic carbocycles. The molecule has 18 heavy (non-hydrogen) atoms. The maximum Gasteiger partial charge on any atom is 0.313 e. The number of rotatable bonds is 9. The van der Waals surface area contributed by atoms with Gasteiger partial charge in [-0.1, -0.05) is 26.7 Å². The molecule has 1 unspecified atom stereocenters. The van der Waals surface area contributed by atoms with Crippen LogP contribution >= 0.6 is 0 Å². The fourth-order valence-electron chi connectivity index (χ4n) is 2.43. The lowest BCUT2D eigenvalue weighted by Gasteiger charge is -2.31. The molecule has 1 aliphatic heterocycles. The molecular formula is C14H27NO3. The van der Waals surface area contributed by atoms with Crippen LogP contribution in [0.5, 0.6) is 0 Å². The van der Waals surface area contributed by atoms with E-state index in [2.05, 4.69) is 18.7 Å². The number of aliphatic carboxylic acids is 1. The van der Waals surface area contributed by atoms with Crippen molar-refractivity contribution in [3.63, 3.8) is 0 Å². The topological polar surface area (TPSA) is 49.8 Å². The maximum atomic E-state index is 11.5. The van der Waals surface area contributed by atoms with Gasteiger partial charge in [0, 0.05) is 13.2 Å². The molecule has 0 spiro atoms. The smallest absolute Gasteiger partial charge is 0.313 e. The molecule has 4 heteroatoms. The van der Waals surface area contributed by atoms with Crippen molar-refractivity contribution < 1.29 is 14.6 Å². The lowest BCUT2D eigenvalue weighted by molar-refractivity contribution is -0.150. The monoisotopic (exact) mass is 257 g/mol. The van der Waals surface area contributed by atoms with E-state index < -0.39 is 11.4 Å². The zero-order valence-electron chi connectivity index (χ0n) is 11.8. The quantitative estimate of drug-likeness (QED) is 0.689. The van der Waals surface area contributed by atoms with Crippen LogP contribution in [0.2, 0.25) is 0 Å². The Hall–Kier alpha value is -0.610. The van der Waals surface area contributed by atoms with Crippen molar-refractivity contribution in [1.29, 1.82) is 0 Å². The molecule has 0 aromatic heterocycles. The molecule has 1 heterocycles. The van der Waals surface area contributed by atoms with Crippen LogP contribution in [0.3, 0.4) is 0 Å². The summed E-state index contributed by atoms with van der Waals surface area (Å²) in [7, 11) is 0. The molecular weight excluding hydrogens is 230 g/mol. The normalized spacial score (nSPS) is 23.7. The van der Waals surface area contributed by atoms with Crippen LogP contribution < -0.4 is 0 Å². The Morgan fingerprint density at radius 1 is 1.28 bits per heavy atom. The van der Waals surface area contributed by atoms with Gasteiger partial charge in [-0.3, -0.25) is 4.79 Å². The molecule has 106 valence electrons. The second kappa shape index (κ2) is 7.74. The van der Waals surface area contributed by atoms with E-state index in [1.54, 1.807) is 0 Å². The Morgan fingerprint density at radius 3 is 2.28 bits per heavy atom. The van der Waals surface area contributed by atoms with E-state index in [4.69, 9.17) is 4.74 Å². The zero-order chi connectivity index (χ0) is 13.4. The molecule has 1 aliphatic rings.